The van der Waals surface area contributed by atoms with E-state index >= 15 is 0 Å². The van der Waals surface area contributed by atoms with E-state index in [1.807, 2.05) is 47.2 Å². The number of carbonyl (C=O) groups excluding carboxylic acids is 2. The second-order valence-corrected chi connectivity index (χ2v) is 7.25. The maximum atomic E-state index is 12.8. The maximum Gasteiger partial charge on any atom is 0.227 e. The summed E-state index contributed by atoms with van der Waals surface area (Å²) in [5.41, 5.74) is 4.56. The Balaban J connectivity index is 1.42. The molecule has 1 aliphatic carbocycles. The van der Waals surface area contributed by atoms with E-state index in [0.717, 1.165) is 37.1 Å². The Bertz CT molecular complexity index is 828. The summed E-state index contributed by atoms with van der Waals surface area (Å²) in [6, 6.07) is 16.4. The van der Waals surface area contributed by atoms with Gasteiger partial charge in [0.05, 0.1) is 12.5 Å². The molecule has 1 unspecified atom stereocenters. The van der Waals surface area contributed by atoms with Crippen molar-refractivity contribution in [1.29, 1.82) is 0 Å². The van der Waals surface area contributed by atoms with E-state index < -0.39 is 0 Å². The third kappa shape index (κ3) is 3.12. The summed E-state index contributed by atoms with van der Waals surface area (Å²) in [6.45, 7) is 0.793. The molecule has 4 heteroatoms. The first kappa shape index (κ1) is 16.8. The van der Waals surface area contributed by atoms with E-state index in [0.29, 0.717) is 12.8 Å². The molecule has 2 aromatic rings. The van der Waals surface area contributed by atoms with E-state index in [2.05, 4.69) is 18.2 Å². The van der Waals surface area contributed by atoms with Crippen molar-refractivity contribution in [3.8, 4) is 0 Å². The predicted octanol–water partition coefficient (Wildman–Crippen LogP) is 3.50. The van der Waals surface area contributed by atoms with Crippen LogP contribution in [0.4, 0.5) is 5.69 Å². The largest absolute Gasteiger partial charge is 0.338 e. The minimum absolute atomic E-state index is 0.136. The number of anilines is 1. The van der Waals surface area contributed by atoms with E-state index in [-0.39, 0.29) is 17.9 Å². The second-order valence-electron chi connectivity index (χ2n) is 7.25. The molecule has 26 heavy (non-hydrogen) atoms. The number of benzene rings is 2. The van der Waals surface area contributed by atoms with Gasteiger partial charge in [0.1, 0.15) is 0 Å². The van der Waals surface area contributed by atoms with Crippen LogP contribution in [0.15, 0.2) is 48.5 Å². The summed E-state index contributed by atoms with van der Waals surface area (Å²) in [7, 11) is 1.91. The molecule has 1 saturated heterocycles. The Morgan fingerprint density at radius 1 is 1.12 bits per heavy atom. The fourth-order valence-corrected chi connectivity index (χ4v) is 4.12. The number of rotatable bonds is 4. The summed E-state index contributed by atoms with van der Waals surface area (Å²) >= 11 is 0. The quantitative estimate of drug-likeness (QED) is 0.848. The number of amides is 2. The maximum absolute atomic E-state index is 12.8. The Morgan fingerprint density at radius 2 is 1.88 bits per heavy atom. The molecule has 134 valence electrons. The minimum Gasteiger partial charge on any atom is -0.338 e. The molecule has 0 aromatic heterocycles. The van der Waals surface area contributed by atoms with E-state index in [1.165, 1.54) is 11.1 Å². The first-order chi connectivity index (χ1) is 12.6. The Hall–Kier alpha value is -2.62. The average molecular weight is 348 g/mol. The normalized spacial score (nSPS) is 18.9. The number of aryl methyl sites for hydroxylation is 1. The smallest absolute Gasteiger partial charge is 0.227 e. The van der Waals surface area contributed by atoms with Crippen LogP contribution in [0.5, 0.6) is 0 Å². The Morgan fingerprint density at radius 3 is 2.62 bits per heavy atom. The number of nitrogens with zero attached hydrogens (tertiary/aromatic N) is 2. The van der Waals surface area contributed by atoms with Gasteiger partial charge in [-0.05, 0) is 48.1 Å². The molecule has 1 fully saturated rings. The van der Waals surface area contributed by atoms with Crippen LogP contribution in [0, 0.1) is 0 Å². The fourth-order valence-electron chi connectivity index (χ4n) is 4.12. The number of hydrogen-bond acceptors (Lipinski definition) is 2. The number of hydrogen-bond donors (Lipinski definition) is 0. The summed E-state index contributed by atoms with van der Waals surface area (Å²) in [4.78, 5) is 28.3. The van der Waals surface area contributed by atoms with Crippen molar-refractivity contribution in [2.24, 2.45) is 0 Å². The lowest BCUT2D eigenvalue weighted by atomic mass is 10.1. The van der Waals surface area contributed by atoms with Crippen molar-refractivity contribution in [3.05, 3.63) is 65.2 Å². The molecular formula is C22H24N2O2. The summed E-state index contributed by atoms with van der Waals surface area (Å²) in [5.74, 6) is 0.324. The van der Waals surface area contributed by atoms with Gasteiger partial charge >= 0.3 is 0 Å². The molecule has 0 saturated carbocycles. The Labute approximate surface area is 154 Å². The number of likely N-dealkylation sites (N-methyl/N-ethyl adjacent to an activating group) is 1. The second kappa shape index (κ2) is 6.94. The highest BCUT2D eigenvalue weighted by molar-refractivity contribution is 5.95. The summed E-state index contributed by atoms with van der Waals surface area (Å²) in [6.07, 6.45) is 3.98. The highest BCUT2D eigenvalue weighted by atomic mass is 16.2. The first-order valence-corrected chi connectivity index (χ1v) is 9.36. The van der Waals surface area contributed by atoms with Gasteiger partial charge in [-0.3, -0.25) is 9.59 Å². The van der Waals surface area contributed by atoms with Gasteiger partial charge < -0.3 is 9.80 Å². The SMILES string of the molecule is CN(C(=O)Cc1ccc(N2CCCC2=O)cc1)C1CCc2ccccc21. The lowest BCUT2D eigenvalue weighted by molar-refractivity contribution is -0.131. The zero-order valence-electron chi connectivity index (χ0n) is 15.1. The third-order valence-corrected chi connectivity index (χ3v) is 5.64. The van der Waals surface area contributed by atoms with Crippen LogP contribution in [0.3, 0.4) is 0 Å². The molecule has 0 radical (unpaired) electrons. The molecule has 2 aromatic carbocycles. The monoisotopic (exact) mass is 348 g/mol. The van der Waals surface area contributed by atoms with Crippen LogP contribution in [0.25, 0.3) is 0 Å². The van der Waals surface area contributed by atoms with Crippen molar-refractivity contribution >= 4 is 17.5 Å². The molecule has 1 aliphatic heterocycles. The van der Waals surface area contributed by atoms with Crippen molar-refractivity contribution in [2.75, 3.05) is 18.5 Å². The highest BCUT2D eigenvalue weighted by Gasteiger charge is 2.28. The van der Waals surface area contributed by atoms with Gasteiger partial charge in [0.15, 0.2) is 0 Å². The van der Waals surface area contributed by atoms with Crippen molar-refractivity contribution in [2.45, 2.75) is 38.1 Å². The van der Waals surface area contributed by atoms with Gasteiger partial charge in [-0.15, -0.1) is 0 Å². The molecule has 4 nitrogen and oxygen atoms in total. The summed E-state index contributed by atoms with van der Waals surface area (Å²) in [5, 5.41) is 0. The van der Waals surface area contributed by atoms with Gasteiger partial charge in [-0.25, -0.2) is 0 Å². The van der Waals surface area contributed by atoms with E-state index in [9.17, 15) is 9.59 Å². The zero-order valence-corrected chi connectivity index (χ0v) is 15.1. The molecule has 0 N–H and O–H groups in total. The Kier molecular flexibility index (Phi) is 4.49. The number of fused-ring (bicyclic) bond motifs is 1. The standard InChI is InChI=1S/C22H24N2O2/c1-23(20-13-10-17-5-2-3-6-19(17)20)22(26)15-16-8-11-18(12-9-16)24-14-4-7-21(24)25/h2-3,5-6,8-9,11-12,20H,4,7,10,13-15H2,1H3. The predicted molar refractivity (Wildman–Crippen MR) is 102 cm³/mol. The summed E-state index contributed by atoms with van der Waals surface area (Å²) < 4.78 is 0. The minimum atomic E-state index is 0.136. The van der Waals surface area contributed by atoms with Crippen LogP contribution in [-0.2, 0) is 22.4 Å². The molecule has 0 spiro atoms. The van der Waals surface area contributed by atoms with Gasteiger partial charge in [-0.2, -0.15) is 0 Å². The van der Waals surface area contributed by atoms with E-state index in [4.69, 9.17) is 0 Å². The topological polar surface area (TPSA) is 40.6 Å². The van der Waals surface area contributed by atoms with Crippen LogP contribution in [-0.4, -0.2) is 30.3 Å². The van der Waals surface area contributed by atoms with Crippen molar-refractivity contribution < 1.29 is 9.59 Å². The lowest BCUT2D eigenvalue weighted by Gasteiger charge is -2.25. The van der Waals surface area contributed by atoms with Crippen LogP contribution >= 0.6 is 0 Å². The van der Waals surface area contributed by atoms with Gasteiger partial charge in [-0.1, -0.05) is 36.4 Å². The molecule has 0 bridgehead atoms. The molecule has 1 heterocycles. The molecule has 1 atom stereocenters. The first-order valence-electron chi connectivity index (χ1n) is 9.36. The fraction of sp³-hybridized carbons (Fsp3) is 0.364. The molecule has 4 rings (SSSR count). The van der Waals surface area contributed by atoms with E-state index in [1.54, 1.807) is 0 Å². The van der Waals surface area contributed by atoms with Crippen molar-refractivity contribution in [3.63, 3.8) is 0 Å². The van der Waals surface area contributed by atoms with Crippen molar-refractivity contribution in [1.82, 2.24) is 4.90 Å². The van der Waals surface area contributed by atoms with Gasteiger partial charge in [0.25, 0.3) is 0 Å². The molecule has 2 aliphatic rings. The average Bonchev–Trinajstić information content (AvgIpc) is 3.28. The zero-order chi connectivity index (χ0) is 18.1. The lowest BCUT2D eigenvalue weighted by Crippen LogP contribution is -2.31. The highest BCUT2D eigenvalue weighted by Crippen LogP contribution is 2.35. The van der Waals surface area contributed by atoms with Gasteiger partial charge in [0, 0.05) is 25.7 Å². The third-order valence-electron chi connectivity index (χ3n) is 5.64. The van der Waals surface area contributed by atoms with Crippen LogP contribution in [0.2, 0.25) is 0 Å². The van der Waals surface area contributed by atoms with Gasteiger partial charge in [0.2, 0.25) is 11.8 Å². The molecule has 2 amide bonds. The number of carbonyl (C=O) groups is 2. The van der Waals surface area contributed by atoms with Crippen LogP contribution < -0.4 is 4.90 Å². The van der Waals surface area contributed by atoms with Crippen LogP contribution in [0.1, 0.15) is 42.0 Å². The molecular weight excluding hydrogens is 324 g/mol.